The van der Waals surface area contributed by atoms with Crippen LogP contribution in [-0.4, -0.2) is 28.7 Å². The molecule has 162 valence electrons. The molecule has 1 aromatic heterocycles. The Hall–Kier alpha value is -3.35. The summed E-state index contributed by atoms with van der Waals surface area (Å²) in [5, 5.41) is 3.59. The van der Waals surface area contributed by atoms with Crippen molar-refractivity contribution in [1.29, 1.82) is 0 Å². The maximum atomic E-state index is 12.9. The van der Waals surface area contributed by atoms with E-state index in [-0.39, 0.29) is 30.0 Å². The summed E-state index contributed by atoms with van der Waals surface area (Å²) in [4.78, 5) is 30.3. The van der Waals surface area contributed by atoms with Crippen LogP contribution in [0.4, 0.5) is 0 Å². The van der Waals surface area contributed by atoms with Gasteiger partial charge in [0.25, 0.3) is 5.56 Å². The number of rotatable bonds is 5. The number of hydrogen-bond donors (Lipinski definition) is 1. The molecule has 3 aromatic rings. The number of amides is 1. The van der Waals surface area contributed by atoms with Gasteiger partial charge in [-0.2, -0.15) is 0 Å². The normalized spacial score (nSPS) is 14.3. The molecule has 2 aromatic carbocycles. The molecule has 0 bridgehead atoms. The topological polar surface area (TPSA) is 82.5 Å². The number of fused-ring (bicyclic) bond motifs is 2. The zero-order chi connectivity index (χ0) is 22.0. The van der Waals surface area contributed by atoms with Crippen molar-refractivity contribution in [3.05, 3.63) is 64.2 Å². The van der Waals surface area contributed by atoms with E-state index in [9.17, 15) is 9.59 Å². The van der Waals surface area contributed by atoms with E-state index < -0.39 is 0 Å². The van der Waals surface area contributed by atoms with Gasteiger partial charge in [-0.05, 0) is 42.7 Å². The lowest BCUT2D eigenvalue weighted by Crippen LogP contribution is -2.37. The molecule has 0 fully saturated rings. The zero-order valence-electron chi connectivity index (χ0n) is 18.1. The van der Waals surface area contributed by atoms with Gasteiger partial charge in [-0.1, -0.05) is 32.0 Å². The smallest absolute Gasteiger partial charge is 0.261 e. The van der Waals surface area contributed by atoms with Crippen LogP contribution in [0.5, 0.6) is 11.5 Å². The van der Waals surface area contributed by atoms with Crippen molar-refractivity contribution < 1.29 is 14.3 Å². The van der Waals surface area contributed by atoms with Gasteiger partial charge in [-0.15, -0.1) is 0 Å². The highest BCUT2D eigenvalue weighted by Crippen LogP contribution is 2.34. The average Bonchev–Trinajstić information content (AvgIpc) is 2.99. The fourth-order valence-electron chi connectivity index (χ4n) is 3.84. The third kappa shape index (κ3) is 4.40. The molecule has 1 unspecified atom stereocenters. The Labute approximate surface area is 181 Å². The second-order valence-electron chi connectivity index (χ2n) is 8.11. The molecule has 1 aliphatic rings. The Bertz CT molecular complexity index is 1170. The van der Waals surface area contributed by atoms with Gasteiger partial charge in [0, 0.05) is 6.42 Å². The highest BCUT2D eigenvalue weighted by Gasteiger charge is 2.22. The maximum Gasteiger partial charge on any atom is 0.261 e. The Kier molecular flexibility index (Phi) is 5.93. The molecule has 1 atom stereocenters. The highest BCUT2D eigenvalue weighted by molar-refractivity contribution is 5.79. The van der Waals surface area contributed by atoms with E-state index in [4.69, 9.17) is 9.47 Å². The van der Waals surface area contributed by atoms with E-state index in [1.807, 2.05) is 38.1 Å². The average molecular weight is 421 g/mol. The SMILES string of the molecule is Cc1nc2ccccc2c(=O)n1CC(=O)NC(c1ccc2c(c1)OCCCO2)C(C)C. The maximum absolute atomic E-state index is 12.9. The van der Waals surface area contributed by atoms with Crippen molar-refractivity contribution in [1.82, 2.24) is 14.9 Å². The zero-order valence-corrected chi connectivity index (χ0v) is 18.1. The largest absolute Gasteiger partial charge is 0.490 e. The Balaban J connectivity index is 1.57. The van der Waals surface area contributed by atoms with Gasteiger partial charge in [0.05, 0.1) is 30.2 Å². The number of carbonyl (C=O) groups is 1. The number of nitrogens with one attached hydrogen (secondary N) is 1. The van der Waals surface area contributed by atoms with Gasteiger partial charge in [-0.25, -0.2) is 4.98 Å². The van der Waals surface area contributed by atoms with Crippen molar-refractivity contribution in [3.63, 3.8) is 0 Å². The van der Waals surface area contributed by atoms with Crippen LogP contribution >= 0.6 is 0 Å². The lowest BCUT2D eigenvalue weighted by molar-refractivity contribution is -0.122. The van der Waals surface area contributed by atoms with Crippen molar-refractivity contribution in [3.8, 4) is 11.5 Å². The van der Waals surface area contributed by atoms with E-state index in [0.717, 1.165) is 17.7 Å². The molecular weight excluding hydrogens is 394 g/mol. The summed E-state index contributed by atoms with van der Waals surface area (Å²) in [6.45, 7) is 6.98. The fourth-order valence-corrected chi connectivity index (χ4v) is 3.84. The monoisotopic (exact) mass is 421 g/mol. The summed E-state index contributed by atoms with van der Waals surface area (Å²) in [7, 11) is 0. The minimum absolute atomic E-state index is 0.0870. The van der Waals surface area contributed by atoms with Crippen LogP contribution in [0.3, 0.4) is 0 Å². The number of benzene rings is 2. The second kappa shape index (κ2) is 8.79. The van der Waals surface area contributed by atoms with Gasteiger partial charge >= 0.3 is 0 Å². The van der Waals surface area contributed by atoms with Gasteiger partial charge < -0.3 is 14.8 Å². The quantitative estimate of drug-likeness (QED) is 0.683. The number of nitrogens with zero attached hydrogens (tertiary/aromatic N) is 2. The number of carbonyl (C=O) groups excluding carboxylic acids is 1. The molecule has 0 spiro atoms. The first-order chi connectivity index (χ1) is 14.9. The fraction of sp³-hybridized carbons (Fsp3) is 0.375. The first-order valence-electron chi connectivity index (χ1n) is 10.6. The molecule has 0 radical (unpaired) electrons. The molecule has 7 nitrogen and oxygen atoms in total. The first-order valence-corrected chi connectivity index (χ1v) is 10.6. The summed E-state index contributed by atoms with van der Waals surface area (Å²) in [5.41, 5.74) is 1.36. The Morgan fingerprint density at radius 2 is 1.87 bits per heavy atom. The lowest BCUT2D eigenvalue weighted by atomic mass is 9.95. The van der Waals surface area contributed by atoms with Crippen molar-refractivity contribution in [2.45, 2.75) is 39.8 Å². The molecule has 1 amide bonds. The van der Waals surface area contributed by atoms with Crippen LogP contribution in [0.1, 0.15) is 37.7 Å². The highest BCUT2D eigenvalue weighted by atomic mass is 16.5. The summed E-state index contributed by atoms with van der Waals surface area (Å²) >= 11 is 0. The van der Waals surface area contributed by atoms with Crippen LogP contribution in [0.15, 0.2) is 47.3 Å². The van der Waals surface area contributed by atoms with Crippen LogP contribution < -0.4 is 20.3 Å². The number of aromatic nitrogens is 2. The molecule has 0 saturated heterocycles. The number of para-hydroxylation sites is 1. The van der Waals surface area contributed by atoms with Gasteiger partial charge in [0.1, 0.15) is 12.4 Å². The Morgan fingerprint density at radius 1 is 1.13 bits per heavy atom. The molecule has 4 rings (SSSR count). The van der Waals surface area contributed by atoms with Crippen molar-refractivity contribution >= 4 is 16.8 Å². The molecule has 1 N–H and O–H groups in total. The molecule has 0 aliphatic carbocycles. The number of ether oxygens (including phenoxy) is 2. The molecular formula is C24H27N3O4. The number of aryl methyl sites for hydroxylation is 1. The Morgan fingerprint density at radius 3 is 2.65 bits per heavy atom. The van der Waals surface area contributed by atoms with Crippen LogP contribution in [-0.2, 0) is 11.3 Å². The summed E-state index contributed by atoms with van der Waals surface area (Å²) in [5.74, 6) is 1.82. The van der Waals surface area contributed by atoms with Gasteiger partial charge in [-0.3, -0.25) is 14.2 Å². The standard InChI is InChI=1S/C24H27N3O4/c1-15(2)23(17-9-10-20-21(13-17)31-12-6-11-30-20)26-22(28)14-27-16(3)25-19-8-5-4-7-18(19)24(27)29/h4-5,7-10,13,15,23H,6,11-12,14H2,1-3H3,(H,26,28). The van der Waals surface area contributed by atoms with E-state index in [1.54, 1.807) is 25.1 Å². The molecule has 0 saturated carbocycles. The molecule has 31 heavy (non-hydrogen) atoms. The molecule has 1 aliphatic heterocycles. The summed E-state index contributed by atoms with van der Waals surface area (Å²) in [6, 6.07) is 12.7. The first kappa shape index (κ1) is 20.9. The van der Waals surface area contributed by atoms with E-state index in [1.165, 1.54) is 4.57 Å². The lowest BCUT2D eigenvalue weighted by Gasteiger charge is -2.24. The van der Waals surface area contributed by atoms with Gasteiger partial charge in [0.15, 0.2) is 11.5 Å². The van der Waals surface area contributed by atoms with Crippen LogP contribution in [0.25, 0.3) is 10.9 Å². The second-order valence-corrected chi connectivity index (χ2v) is 8.11. The van der Waals surface area contributed by atoms with Crippen LogP contribution in [0.2, 0.25) is 0 Å². The van der Waals surface area contributed by atoms with Crippen molar-refractivity contribution in [2.24, 2.45) is 5.92 Å². The minimum Gasteiger partial charge on any atom is -0.490 e. The van der Waals surface area contributed by atoms with Crippen LogP contribution in [0, 0.1) is 12.8 Å². The van der Waals surface area contributed by atoms with Gasteiger partial charge in [0.2, 0.25) is 5.91 Å². The third-order valence-corrected chi connectivity index (χ3v) is 5.47. The van der Waals surface area contributed by atoms with Crippen molar-refractivity contribution in [2.75, 3.05) is 13.2 Å². The minimum atomic E-state index is -0.243. The predicted molar refractivity (Wildman–Crippen MR) is 119 cm³/mol. The predicted octanol–water partition coefficient (Wildman–Crippen LogP) is 3.38. The molecule has 7 heteroatoms. The molecule has 2 heterocycles. The van der Waals surface area contributed by atoms with E-state index in [2.05, 4.69) is 10.3 Å². The number of hydrogen-bond acceptors (Lipinski definition) is 5. The summed E-state index contributed by atoms with van der Waals surface area (Å²) < 4.78 is 12.9. The van der Waals surface area contributed by atoms with E-state index >= 15 is 0 Å². The third-order valence-electron chi connectivity index (χ3n) is 5.47. The summed E-state index contributed by atoms with van der Waals surface area (Å²) in [6.07, 6.45) is 0.836. The van der Waals surface area contributed by atoms with E-state index in [0.29, 0.717) is 35.7 Å².